The smallest absolute Gasteiger partial charge is 0.104 e. The summed E-state index contributed by atoms with van der Waals surface area (Å²) < 4.78 is 6.48. The Labute approximate surface area is 131 Å². The average Bonchev–Trinajstić information content (AvgIpc) is 2.82. The highest BCUT2D eigenvalue weighted by molar-refractivity contribution is 6.40. The number of nitrogens with one attached hydrogen (secondary N) is 1. The van der Waals surface area contributed by atoms with E-state index in [2.05, 4.69) is 15.6 Å². The largest absolute Gasteiger partial charge is 0.383 e. The van der Waals surface area contributed by atoms with Gasteiger partial charge in [-0.1, -0.05) is 40.0 Å². The van der Waals surface area contributed by atoms with Crippen LogP contribution in [-0.4, -0.2) is 35.3 Å². The molecule has 0 aliphatic rings. The lowest BCUT2D eigenvalue weighted by Crippen LogP contribution is -2.18. The molecule has 5 nitrogen and oxygen atoms in total. The zero-order valence-electron chi connectivity index (χ0n) is 10.7. The second-order valence-electron chi connectivity index (χ2n) is 4.04. The van der Waals surface area contributed by atoms with Gasteiger partial charge in [-0.2, -0.15) is 0 Å². The van der Waals surface area contributed by atoms with Gasteiger partial charge < -0.3 is 10.1 Å². The van der Waals surface area contributed by atoms with Crippen LogP contribution in [0.25, 0.3) is 5.69 Å². The number of methoxy groups -OCH3 is 1. The first-order valence-corrected chi connectivity index (χ1v) is 7.01. The summed E-state index contributed by atoms with van der Waals surface area (Å²) in [6.45, 7) is 1.97. The average molecular weight is 336 g/mol. The summed E-state index contributed by atoms with van der Waals surface area (Å²) in [6.07, 6.45) is 1.76. The number of ether oxygens (including phenoxy) is 1. The van der Waals surface area contributed by atoms with Gasteiger partial charge in [0.1, 0.15) is 5.69 Å². The third-order valence-corrected chi connectivity index (χ3v) is 3.34. The zero-order chi connectivity index (χ0) is 14.5. The third kappa shape index (κ3) is 3.84. The summed E-state index contributed by atoms with van der Waals surface area (Å²) in [5, 5.41) is 12.6. The molecule has 2 rings (SSSR count). The third-order valence-electron chi connectivity index (χ3n) is 2.54. The number of hydrogen-bond acceptors (Lipinski definition) is 4. The van der Waals surface area contributed by atoms with E-state index in [-0.39, 0.29) is 0 Å². The summed E-state index contributed by atoms with van der Waals surface area (Å²) >= 11 is 18.1. The van der Waals surface area contributed by atoms with Gasteiger partial charge in [-0.25, -0.2) is 4.68 Å². The molecule has 108 valence electrons. The fourth-order valence-electron chi connectivity index (χ4n) is 1.63. The first-order chi connectivity index (χ1) is 9.61. The van der Waals surface area contributed by atoms with Gasteiger partial charge in [0.05, 0.1) is 28.5 Å². The molecule has 0 unspecified atom stereocenters. The second-order valence-corrected chi connectivity index (χ2v) is 5.29. The van der Waals surface area contributed by atoms with Crippen LogP contribution in [0.2, 0.25) is 15.1 Å². The Kier molecular flexibility index (Phi) is 5.63. The molecular formula is C12H13Cl3N4O. The van der Waals surface area contributed by atoms with E-state index in [4.69, 9.17) is 39.5 Å². The quantitative estimate of drug-likeness (QED) is 0.825. The molecule has 0 atom stereocenters. The van der Waals surface area contributed by atoms with Gasteiger partial charge >= 0.3 is 0 Å². The van der Waals surface area contributed by atoms with Crippen LogP contribution in [0.1, 0.15) is 5.69 Å². The van der Waals surface area contributed by atoms with E-state index in [1.165, 1.54) is 4.68 Å². The Balaban J connectivity index is 2.13. The van der Waals surface area contributed by atoms with Crippen LogP contribution in [0.5, 0.6) is 0 Å². The molecule has 1 N–H and O–H groups in total. The van der Waals surface area contributed by atoms with Crippen molar-refractivity contribution in [2.45, 2.75) is 6.54 Å². The number of nitrogens with zero attached hydrogens (tertiary/aromatic N) is 3. The Morgan fingerprint density at radius 2 is 1.95 bits per heavy atom. The summed E-state index contributed by atoms with van der Waals surface area (Å²) in [7, 11) is 1.66. The van der Waals surface area contributed by atoms with Crippen molar-refractivity contribution in [3.05, 3.63) is 39.1 Å². The molecule has 0 aliphatic carbocycles. The van der Waals surface area contributed by atoms with Crippen LogP contribution < -0.4 is 5.32 Å². The lowest BCUT2D eigenvalue weighted by atomic mass is 10.3. The number of benzene rings is 1. The minimum atomic E-state index is 0.422. The van der Waals surface area contributed by atoms with Crippen LogP contribution in [0, 0.1) is 0 Å². The molecule has 8 heteroatoms. The Hall–Kier alpha value is -0.850. The summed E-state index contributed by atoms with van der Waals surface area (Å²) in [6, 6.07) is 3.23. The van der Waals surface area contributed by atoms with Crippen molar-refractivity contribution in [1.82, 2.24) is 20.3 Å². The molecule has 0 radical (unpaired) electrons. The summed E-state index contributed by atoms with van der Waals surface area (Å²) in [5.41, 5.74) is 1.34. The van der Waals surface area contributed by atoms with Gasteiger partial charge in [-0.15, -0.1) is 5.10 Å². The topological polar surface area (TPSA) is 52.0 Å². The normalized spacial score (nSPS) is 11.0. The molecule has 1 heterocycles. The molecule has 2 aromatic rings. The van der Waals surface area contributed by atoms with Gasteiger partial charge in [-0.05, 0) is 12.1 Å². The van der Waals surface area contributed by atoms with E-state index in [0.717, 1.165) is 12.2 Å². The molecule has 0 bridgehead atoms. The predicted molar refractivity (Wildman–Crippen MR) is 80.0 cm³/mol. The van der Waals surface area contributed by atoms with E-state index < -0.39 is 0 Å². The second kappa shape index (κ2) is 7.24. The van der Waals surface area contributed by atoms with Gasteiger partial charge in [0.25, 0.3) is 0 Å². The molecule has 0 amide bonds. The van der Waals surface area contributed by atoms with Crippen molar-refractivity contribution in [2.75, 3.05) is 20.3 Å². The maximum atomic E-state index is 6.13. The van der Waals surface area contributed by atoms with Gasteiger partial charge in [0.15, 0.2) is 0 Å². The summed E-state index contributed by atoms with van der Waals surface area (Å²) in [4.78, 5) is 0. The fraction of sp³-hybridized carbons (Fsp3) is 0.333. The number of aromatic nitrogens is 3. The number of rotatable bonds is 6. The molecule has 0 saturated carbocycles. The van der Waals surface area contributed by atoms with Crippen molar-refractivity contribution < 1.29 is 4.74 Å². The predicted octanol–water partition coefficient (Wildman–Crippen LogP) is 2.96. The minimum absolute atomic E-state index is 0.422. The van der Waals surface area contributed by atoms with Crippen molar-refractivity contribution in [3.63, 3.8) is 0 Å². The SMILES string of the molecule is COCCNCc1cn(-c2c(Cl)cc(Cl)cc2Cl)nn1. The molecule has 20 heavy (non-hydrogen) atoms. The lowest BCUT2D eigenvalue weighted by Gasteiger charge is -2.06. The van der Waals surface area contributed by atoms with Gasteiger partial charge in [0, 0.05) is 25.2 Å². The van der Waals surface area contributed by atoms with E-state index in [9.17, 15) is 0 Å². The van der Waals surface area contributed by atoms with Crippen molar-refractivity contribution in [2.24, 2.45) is 0 Å². The molecule has 0 aliphatic heterocycles. The van der Waals surface area contributed by atoms with Crippen LogP contribution in [0.3, 0.4) is 0 Å². The minimum Gasteiger partial charge on any atom is -0.383 e. The first-order valence-electron chi connectivity index (χ1n) is 5.87. The van der Waals surface area contributed by atoms with Crippen LogP contribution in [0.4, 0.5) is 0 Å². The maximum absolute atomic E-state index is 6.13. The molecule has 0 saturated heterocycles. The molecule has 0 fully saturated rings. The van der Waals surface area contributed by atoms with Gasteiger partial charge in [-0.3, -0.25) is 0 Å². The van der Waals surface area contributed by atoms with Crippen molar-refractivity contribution >= 4 is 34.8 Å². The van der Waals surface area contributed by atoms with E-state index in [1.807, 2.05) is 0 Å². The standard InChI is InChI=1S/C12H13Cl3N4O/c1-20-3-2-16-6-9-7-19(18-17-9)12-10(14)4-8(13)5-11(12)15/h4-5,7,16H,2-3,6H2,1H3. The highest BCUT2D eigenvalue weighted by atomic mass is 35.5. The molecule has 1 aromatic carbocycles. The number of halogens is 3. The zero-order valence-corrected chi connectivity index (χ0v) is 13.0. The fourth-order valence-corrected chi connectivity index (χ4v) is 2.62. The van der Waals surface area contributed by atoms with E-state index in [0.29, 0.717) is 33.9 Å². The van der Waals surface area contributed by atoms with Gasteiger partial charge in [0.2, 0.25) is 0 Å². The Morgan fingerprint density at radius 1 is 1.25 bits per heavy atom. The van der Waals surface area contributed by atoms with Crippen LogP contribution in [0.15, 0.2) is 18.3 Å². The van der Waals surface area contributed by atoms with Crippen LogP contribution in [-0.2, 0) is 11.3 Å². The Morgan fingerprint density at radius 3 is 2.60 bits per heavy atom. The van der Waals surface area contributed by atoms with Crippen LogP contribution >= 0.6 is 34.8 Å². The van der Waals surface area contributed by atoms with Crippen molar-refractivity contribution in [1.29, 1.82) is 0 Å². The molecule has 0 spiro atoms. The van der Waals surface area contributed by atoms with Crippen molar-refractivity contribution in [3.8, 4) is 5.69 Å². The molecule has 1 aromatic heterocycles. The molecular weight excluding hydrogens is 323 g/mol. The maximum Gasteiger partial charge on any atom is 0.104 e. The number of hydrogen-bond donors (Lipinski definition) is 1. The summed E-state index contributed by atoms with van der Waals surface area (Å²) in [5.74, 6) is 0. The highest BCUT2D eigenvalue weighted by Gasteiger charge is 2.12. The highest BCUT2D eigenvalue weighted by Crippen LogP contribution is 2.31. The monoisotopic (exact) mass is 334 g/mol. The van der Waals surface area contributed by atoms with E-state index in [1.54, 1.807) is 25.4 Å². The Bertz CT molecular complexity index is 565. The first kappa shape index (κ1) is 15.5. The lowest BCUT2D eigenvalue weighted by molar-refractivity contribution is 0.199. The van der Waals surface area contributed by atoms with E-state index >= 15 is 0 Å².